The van der Waals surface area contributed by atoms with Crippen LogP contribution < -0.4 is 5.32 Å². The normalized spacial score (nSPS) is 18.9. The summed E-state index contributed by atoms with van der Waals surface area (Å²) in [6.45, 7) is 4.26. The number of aryl methyl sites for hydroxylation is 2. The van der Waals surface area contributed by atoms with Gasteiger partial charge in [0.05, 0.1) is 12.5 Å². The van der Waals surface area contributed by atoms with Gasteiger partial charge in [-0.2, -0.15) is 5.26 Å². The number of nitrogens with zero attached hydrogens (tertiary/aromatic N) is 1. The summed E-state index contributed by atoms with van der Waals surface area (Å²) in [7, 11) is 0. The molecule has 0 saturated carbocycles. The lowest BCUT2D eigenvalue weighted by molar-refractivity contribution is 0.819. The predicted octanol–water partition coefficient (Wildman–Crippen LogP) is 3.10. The molecule has 1 aliphatic rings. The summed E-state index contributed by atoms with van der Waals surface area (Å²) in [5, 5.41) is 12.1. The van der Waals surface area contributed by atoms with Crippen molar-refractivity contribution in [2.75, 3.05) is 11.1 Å². The summed E-state index contributed by atoms with van der Waals surface area (Å²) < 4.78 is 0. The number of thioether (sulfide) groups is 1. The molecule has 0 radical (unpaired) electrons. The van der Waals surface area contributed by atoms with Gasteiger partial charge in [0, 0.05) is 22.4 Å². The molecule has 1 atom stereocenters. The zero-order valence-corrected chi connectivity index (χ0v) is 9.82. The Labute approximate surface area is 94.7 Å². The van der Waals surface area contributed by atoms with Crippen molar-refractivity contribution < 1.29 is 0 Å². The first-order valence-electron chi connectivity index (χ1n) is 5.08. The molecule has 3 heteroatoms. The molecule has 0 amide bonds. The van der Waals surface area contributed by atoms with E-state index < -0.39 is 0 Å². The fourth-order valence-corrected chi connectivity index (χ4v) is 2.81. The third-order valence-corrected chi connectivity index (χ3v) is 3.95. The van der Waals surface area contributed by atoms with Crippen LogP contribution in [0.1, 0.15) is 17.5 Å². The van der Waals surface area contributed by atoms with Crippen molar-refractivity contribution in [3.8, 4) is 6.07 Å². The Balaban J connectivity index is 2.27. The van der Waals surface area contributed by atoms with Crippen LogP contribution in [-0.2, 0) is 0 Å². The molecule has 0 bridgehead atoms. The molecule has 2 rings (SSSR count). The lowest BCUT2D eigenvalue weighted by Gasteiger charge is -2.25. The molecule has 78 valence electrons. The van der Waals surface area contributed by atoms with Crippen molar-refractivity contribution in [1.29, 1.82) is 5.26 Å². The largest absolute Gasteiger partial charge is 0.380 e. The number of nitrogens with one attached hydrogen (secondary N) is 1. The van der Waals surface area contributed by atoms with E-state index in [0.717, 1.165) is 5.75 Å². The Morgan fingerprint density at radius 2 is 2.20 bits per heavy atom. The second-order valence-electron chi connectivity index (χ2n) is 3.95. The van der Waals surface area contributed by atoms with Crippen LogP contribution >= 0.6 is 11.8 Å². The highest BCUT2D eigenvalue weighted by Crippen LogP contribution is 2.35. The Morgan fingerprint density at radius 3 is 2.93 bits per heavy atom. The molecule has 0 saturated heterocycles. The molecule has 1 N–H and O–H groups in total. The Kier molecular flexibility index (Phi) is 2.88. The van der Waals surface area contributed by atoms with Gasteiger partial charge in [-0.1, -0.05) is 0 Å². The number of nitriles is 1. The lowest BCUT2D eigenvalue weighted by Crippen LogP contribution is -2.25. The van der Waals surface area contributed by atoms with E-state index in [1.165, 1.54) is 21.7 Å². The van der Waals surface area contributed by atoms with Crippen molar-refractivity contribution in [3.63, 3.8) is 0 Å². The molecule has 0 spiro atoms. The number of benzene rings is 1. The average molecular weight is 218 g/mol. The number of anilines is 1. The van der Waals surface area contributed by atoms with Crippen molar-refractivity contribution in [2.45, 2.75) is 31.2 Å². The van der Waals surface area contributed by atoms with Gasteiger partial charge in [0.2, 0.25) is 0 Å². The van der Waals surface area contributed by atoms with E-state index in [0.29, 0.717) is 12.5 Å². The maximum atomic E-state index is 8.67. The average Bonchev–Trinajstić information content (AvgIpc) is 2.21. The zero-order chi connectivity index (χ0) is 10.8. The first kappa shape index (κ1) is 10.4. The van der Waals surface area contributed by atoms with E-state index >= 15 is 0 Å². The number of hydrogen-bond acceptors (Lipinski definition) is 3. The van der Waals surface area contributed by atoms with E-state index in [-0.39, 0.29) is 0 Å². The van der Waals surface area contributed by atoms with Crippen molar-refractivity contribution in [2.24, 2.45) is 0 Å². The summed E-state index contributed by atoms with van der Waals surface area (Å²) in [4.78, 5) is 1.31. The van der Waals surface area contributed by atoms with Crippen LogP contribution in [0.5, 0.6) is 0 Å². The molecule has 0 aromatic heterocycles. The molecular weight excluding hydrogens is 204 g/mol. The Hall–Kier alpha value is -1.14. The van der Waals surface area contributed by atoms with Crippen LogP contribution in [0.2, 0.25) is 0 Å². The van der Waals surface area contributed by atoms with Gasteiger partial charge in [0.25, 0.3) is 0 Å². The second kappa shape index (κ2) is 4.16. The summed E-state index contributed by atoms with van der Waals surface area (Å²) in [5.41, 5.74) is 3.83. The van der Waals surface area contributed by atoms with E-state index in [4.69, 9.17) is 5.26 Å². The van der Waals surface area contributed by atoms with Gasteiger partial charge in [-0.05, 0) is 37.1 Å². The topological polar surface area (TPSA) is 35.8 Å². The fraction of sp³-hybridized carbons (Fsp3) is 0.417. The minimum atomic E-state index is 0.301. The van der Waals surface area contributed by atoms with Crippen LogP contribution in [0.15, 0.2) is 17.0 Å². The van der Waals surface area contributed by atoms with E-state index in [9.17, 15) is 0 Å². The predicted molar refractivity (Wildman–Crippen MR) is 64.3 cm³/mol. The zero-order valence-electron chi connectivity index (χ0n) is 9.00. The molecule has 0 aliphatic carbocycles. The van der Waals surface area contributed by atoms with Crippen LogP contribution in [-0.4, -0.2) is 11.8 Å². The third kappa shape index (κ3) is 2.10. The van der Waals surface area contributed by atoms with Gasteiger partial charge in [-0.25, -0.2) is 0 Å². The van der Waals surface area contributed by atoms with Crippen LogP contribution in [0.25, 0.3) is 0 Å². The molecule has 0 fully saturated rings. The Morgan fingerprint density at radius 1 is 1.47 bits per heavy atom. The molecule has 1 aromatic rings. The number of hydrogen-bond donors (Lipinski definition) is 1. The highest BCUT2D eigenvalue weighted by atomic mass is 32.2. The first-order valence-corrected chi connectivity index (χ1v) is 6.07. The monoisotopic (exact) mass is 218 g/mol. The highest BCUT2D eigenvalue weighted by Gasteiger charge is 2.18. The number of fused-ring (bicyclic) bond motifs is 1. The Bertz CT molecular complexity index is 420. The SMILES string of the molecule is Cc1cc2c(cc1C)SCC(CC#N)N2. The minimum absolute atomic E-state index is 0.301. The summed E-state index contributed by atoms with van der Waals surface area (Å²) >= 11 is 1.85. The van der Waals surface area contributed by atoms with E-state index in [1.807, 2.05) is 11.8 Å². The second-order valence-corrected chi connectivity index (χ2v) is 5.01. The van der Waals surface area contributed by atoms with Crippen LogP contribution in [0.4, 0.5) is 5.69 Å². The van der Waals surface area contributed by atoms with Crippen molar-refractivity contribution in [3.05, 3.63) is 23.3 Å². The molecule has 1 unspecified atom stereocenters. The summed E-state index contributed by atoms with van der Waals surface area (Å²) in [6.07, 6.45) is 0.583. The smallest absolute Gasteiger partial charge is 0.0643 e. The van der Waals surface area contributed by atoms with E-state index in [1.54, 1.807) is 0 Å². The maximum absolute atomic E-state index is 8.67. The van der Waals surface area contributed by atoms with Gasteiger partial charge < -0.3 is 5.32 Å². The van der Waals surface area contributed by atoms with Gasteiger partial charge in [0.1, 0.15) is 0 Å². The maximum Gasteiger partial charge on any atom is 0.0643 e. The fourth-order valence-electron chi connectivity index (χ4n) is 1.69. The van der Waals surface area contributed by atoms with Crippen molar-refractivity contribution >= 4 is 17.4 Å². The molecule has 1 heterocycles. The van der Waals surface area contributed by atoms with E-state index in [2.05, 4.69) is 37.4 Å². The molecule has 15 heavy (non-hydrogen) atoms. The number of rotatable bonds is 1. The third-order valence-electron chi connectivity index (χ3n) is 2.73. The molecule has 1 aliphatic heterocycles. The first-order chi connectivity index (χ1) is 7.20. The van der Waals surface area contributed by atoms with Crippen LogP contribution in [0.3, 0.4) is 0 Å². The van der Waals surface area contributed by atoms with Gasteiger partial charge in [-0.3, -0.25) is 0 Å². The quantitative estimate of drug-likeness (QED) is 0.786. The van der Waals surface area contributed by atoms with Gasteiger partial charge >= 0.3 is 0 Å². The standard InChI is InChI=1S/C12H14N2S/c1-8-5-11-12(6-9(8)2)15-7-10(14-11)3-4-13/h5-6,10,14H,3,7H2,1-2H3. The van der Waals surface area contributed by atoms with Crippen molar-refractivity contribution in [1.82, 2.24) is 0 Å². The molecule has 1 aromatic carbocycles. The summed E-state index contributed by atoms with van der Waals surface area (Å²) in [5.74, 6) is 0.989. The minimum Gasteiger partial charge on any atom is -0.380 e. The summed E-state index contributed by atoms with van der Waals surface area (Å²) in [6, 6.07) is 6.93. The lowest BCUT2D eigenvalue weighted by atomic mass is 10.1. The molecule has 2 nitrogen and oxygen atoms in total. The van der Waals surface area contributed by atoms with Gasteiger partial charge in [-0.15, -0.1) is 11.8 Å². The molecular formula is C12H14N2S. The van der Waals surface area contributed by atoms with Gasteiger partial charge in [0.15, 0.2) is 0 Å². The highest BCUT2D eigenvalue weighted by molar-refractivity contribution is 7.99. The van der Waals surface area contributed by atoms with Crippen LogP contribution in [0, 0.1) is 25.2 Å².